The lowest BCUT2D eigenvalue weighted by Gasteiger charge is -2.09. The summed E-state index contributed by atoms with van der Waals surface area (Å²) in [6.45, 7) is 8.07. The number of aromatic nitrogens is 2. The lowest BCUT2D eigenvalue weighted by molar-refractivity contribution is 0.287. The lowest BCUT2D eigenvalue weighted by atomic mass is 10.4. The fourth-order valence-electron chi connectivity index (χ4n) is 1.13. The number of nitrogens with zero attached hydrogens (tertiary/aromatic N) is 2. The topological polar surface area (TPSA) is 56.3 Å². The van der Waals surface area contributed by atoms with Gasteiger partial charge >= 0.3 is 0 Å². The zero-order valence-electron chi connectivity index (χ0n) is 10.1. The van der Waals surface area contributed by atoms with Crippen molar-refractivity contribution in [3.8, 4) is 11.8 Å². The van der Waals surface area contributed by atoms with E-state index in [1.807, 2.05) is 6.92 Å². The molecule has 0 radical (unpaired) electrons. The highest BCUT2D eigenvalue weighted by atomic mass is 16.5. The normalized spacial score (nSPS) is 10.5. The van der Waals surface area contributed by atoms with Gasteiger partial charge in [0, 0.05) is 12.6 Å². The number of hydrogen-bond donors (Lipinski definition) is 1. The summed E-state index contributed by atoms with van der Waals surface area (Å²) in [6, 6.07) is 2.16. The minimum atomic E-state index is 0.466. The van der Waals surface area contributed by atoms with Gasteiger partial charge in [-0.1, -0.05) is 13.8 Å². The van der Waals surface area contributed by atoms with Crippen molar-refractivity contribution in [2.45, 2.75) is 26.8 Å². The summed E-state index contributed by atoms with van der Waals surface area (Å²) in [5.41, 5.74) is 0. The molecule has 1 rings (SSSR count). The van der Waals surface area contributed by atoms with E-state index >= 15 is 0 Å². The first-order valence-electron chi connectivity index (χ1n) is 5.53. The zero-order valence-corrected chi connectivity index (χ0v) is 10.1. The van der Waals surface area contributed by atoms with Gasteiger partial charge in [0.05, 0.1) is 12.7 Å². The molecule has 0 bridgehead atoms. The van der Waals surface area contributed by atoms with Crippen LogP contribution in [0.25, 0.3) is 0 Å². The smallest absolute Gasteiger partial charge is 0.220 e. The SMILES string of the molecule is CCOc1cc(OCCNC(C)C)ncn1. The highest BCUT2D eigenvalue weighted by molar-refractivity contribution is 5.18. The Labute approximate surface area is 96.2 Å². The van der Waals surface area contributed by atoms with Crippen molar-refractivity contribution in [3.63, 3.8) is 0 Å². The molecule has 0 spiro atoms. The predicted octanol–water partition coefficient (Wildman–Crippen LogP) is 1.25. The van der Waals surface area contributed by atoms with Crippen LogP contribution in [0.2, 0.25) is 0 Å². The first-order valence-corrected chi connectivity index (χ1v) is 5.53. The van der Waals surface area contributed by atoms with E-state index in [-0.39, 0.29) is 0 Å². The largest absolute Gasteiger partial charge is 0.478 e. The van der Waals surface area contributed by atoms with Crippen LogP contribution in [0.3, 0.4) is 0 Å². The Hall–Kier alpha value is -1.36. The molecule has 0 aliphatic carbocycles. The molecule has 1 heterocycles. The van der Waals surface area contributed by atoms with E-state index in [0.29, 0.717) is 31.0 Å². The third-order valence-electron chi connectivity index (χ3n) is 1.81. The van der Waals surface area contributed by atoms with Gasteiger partial charge in [-0.15, -0.1) is 0 Å². The van der Waals surface area contributed by atoms with E-state index in [9.17, 15) is 0 Å². The molecule has 1 N–H and O–H groups in total. The van der Waals surface area contributed by atoms with Gasteiger partial charge < -0.3 is 14.8 Å². The van der Waals surface area contributed by atoms with Crippen molar-refractivity contribution in [2.24, 2.45) is 0 Å². The van der Waals surface area contributed by atoms with E-state index in [2.05, 4.69) is 29.1 Å². The molecule has 0 aliphatic rings. The van der Waals surface area contributed by atoms with Crippen molar-refractivity contribution in [3.05, 3.63) is 12.4 Å². The summed E-state index contributed by atoms with van der Waals surface area (Å²) in [7, 11) is 0. The Morgan fingerprint density at radius 1 is 1.25 bits per heavy atom. The number of nitrogens with one attached hydrogen (secondary N) is 1. The second-order valence-electron chi connectivity index (χ2n) is 3.58. The first-order chi connectivity index (χ1) is 7.72. The van der Waals surface area contributed by atoms with E-state index < -0.39 is 0 Å². The third kappa shape index (κ3) is 4.93. The van der Waals surface area contributed by atoms with Gasteiger partial charge in [0.25, 0.3) is 0 Å². The van der Waals surface area contributed by atoms with Crippen LogP contribution >= 0.6 is 0 Å². The van der Waals surface area contributed by atoms with Crippen LogP contribution in [0.5, 0.6) is 11.8 Å². The summed E-state index contributed by atoms with van der Waals surface area (Å²) in [5.74, 6) is 1.09. The molecule has 16 heavy (non-hydrogen) atoms. The minimum absolute atomic E-state index is 0.466. The third-order valence-corrected chi connectivity index (χ3v) is 1.81. The van der Waals surface area contributed by atoms with Gasteiger partial charge in [0.1, 0.15) is 12.9 Å². The number of ether oxygens (including phenoxy) is 2. The molecule has 0 saturated carbocycles. The molecule has 0 aromatic carbocycles. The molecule has 5 heteroatoms. The maximum atomic E-state index is 5.45. The van der Waals surface area contributed by atoms with Crippen LogP contribution in [0, 0.1) is 0 Å². The molecule has 90 valence electrons. The van der Waals surface area contributed by atoms with Gasteiger partial charge in [-0.2, -0.15) is 0 Å². The highest BCUT2D eigenvalue weighted by Crippen LogP contribution is 2.12. The second-order valence-corrected chi connectivity index (χ2v) is 3.58. The molecule has 0 fully saturated rings. The maximum absolute atomic E-state index is 5.45. The molecule has 0 atom stereocenters. The van der Waals surface area contributed by atoms with Gasteiger partial charge in [0.2, 0.25) is 11.8 Å². The Bertz CT molecular complexity index is 305. The summed E-state index contributed by atoms with van der Waals surface area (Å²) < 4.78 is 10.7. The summed E-state index contributed by atoms with van der Waals surface area (Å²) in [5, 5.41) is 3.26. The average Bonchev–Trinajstić information content (AvgIpc) is 2.25. The maximum Gasteiger partial charge on any atom is 0.220 e. The Kier molecular flexibility index (Phi) is 5.56. The Morgan fingerprint density at radius 3 is 2.56 bits per heavy atom. The Balaban J connectivity index is 2.33. The zero-order chi connectivity index (χ0) is 11.8. The molecular weight excluding hydrogens is 206 g/mol. The van der Waals surface area contributed by atoms with Crippen LogP contribution in [-0.4, -0.2) is 35.8 Å². The summed E-state index contributed by atoms with van der Waals surface area (Å²) in [4.78, 5) is 7.95. The van der Waals surface area contributed by atoms with Crippen LogP contribution in [0.4, 0.5) is 0 Å². The van der Waals surface area contributed by atoms with E-state index in [0.717, 1.165) is 6.54 Å². The fourth-order valence-corrected chi connectivity index (χ4v) is 1.13. The second kappa shape index (κ2) is 7.00. The van der Waals surface area contributed by atoms with Crippen LogP contribution in [0.15, 0.2) is 12.4 Å². The molecule has 0 saturated heterocycles. The van der Waals surface area contributed by atoms with E-state index in [1.165, 1.54) is 6.33 Å². The molecule has 0 amide bonds. The van der Waals surface area contributed by atoms with E-state index in [4.69, 9.17) is 9.47 Å². The van der Waals surface area contributed by atoms with Crippen LogP contribution < -0.4 is 14.8 Å². The van der Waals surface area contributed by atoms with Crippen molar-refractivity contribution < 1.29 is 9.47 Å². The highest BCUT2D eigenvalue weighted by Gasteiger charge is 2.00. The molecule has 1 aromatic heterocycles. The van der Waals surface area contributed by atoms with Crippen LogP contribution in [-0.2, 0) is 0 Å². The molecule has 0 unspecified atom stereocenters. The quantitative estimate of drug-likeness (QED) is 0.708. The summed E-state index contributed by atoms with van der Waals surface area (Å²) >= 11 is 0. The standard InChI is InChI=1S/C11H19N3O2/c1-4-15-10-7-11(14-8-13-10)16-6-5-12-9(2)3/h7-9,12H,4-6H2,1-3H3. The molecular formula is C11H19N3O2. The van der Waals surface area contributed by atoms with Gasteiger partial charge in [0.15, 0.2) is 0 Å². The van der Waals surface area contributed by atoms with Crippen molar-refractivity contribution >= 4 is 0 Å². The van der Waals surface area contributed by atoms with E-state index in [1.54, 1.807) is 6.07 Å². The van der Waals surface area contributed by atoms with Crippen molar-refractivity contribution in [1.82, 2.24) is 15.3 Å². The van der Waals surface area contributed by atoms with Crippen molar-refractivity contribution in [1.29, 1.82) is 0 Å². The number of hydrogen-bond acceptors (Lipinski definition) is 5. The monoisotopic (exact) mass is 225 g/mol. The van der Waals surface area contributed by atoms with Gasteiger partial charge in [-0.3, -0.25) is 0 Å². The van der Waals surface area contributed by atoms with Crippen LogP contribution in [0.1, 0.15) is 20.8 Å². The molecule has 0 aliphatic heterocycles. The van der Waals surface area contributed by atoms with Gasteiger partial charge in [-0.05, 0) is 6.92 Å². The summed E-state index contributed by atoms with van der Waals surface area (Å²) in [6.07, 6.45) is 1.44. The minimum Gasteiger partial charge on any atom is -0.478 e. The first kappa shape index (κ1) is 12.7. The van der Waals surface area contributed by atoms with Gasteiger partial charge in [-0.25, -0.2) is 9.97 Å². The van der Waals surface area contributed by atoms with Crippen molar-refractivity contribution in [2.75, 3.05) is 19.8 Å². The average molecular weight is 225 g/mol. The fraction of sp³-hybridized carbons (Fsp3) is 0.636. The molecule has 1 aromatic rings. The lowest BCUT2D eigenvalue weighted by Crippen LogP contribution is -2.27. The molecule has 5 nitrogen and oxygen atoms in total. The predicted molar refractivity (Wildman–Crippen MR) is 61.8 cm³/mol. The number of rotatable bonds is 7. The Morgan fingerprint density at radius 2 is 1.94 bits per heavy atom.